The molecule has 2 heterocycles. The molecule has 0 aliphatic rings. The van der Waals surface area contributed by atoms with E-state index in [1.807, 2.05) is 6.92 Å². The van der Waals surface area contributed by atoms with Crippen molar-refractivity contribution in [3.63, 3.8) is 0 Å². The predicted octanol–water partition coefficient (Wildman–Crippen LogP) is 0.279. The van der Waals surface area contributed by atoms with Crippen LogP contribution >= 0.6 is 0 Å². The van der Waals surface area contributed by atoms with Gasteiger partial charge in [-0.1, -0.05) is 0 Å². The largest absolute Gasteiger partial charge is 0.453 e. The van der Waals surface area contributed by atoms with Crippen LogP contribution in [0.15, 0.2) is 6.33 Å². The Morgan fingerprint density at radius 3 is 2.84 bits per heavy atom. The van der Waals surface area contributed by atoms with Crippen LogP contribution in [0.3, 0.4) is 0 Å². The molecule has 0 aromatic carbocycles. The third-order valence-corrected chi connectivity index (χ3v) is 2.79. The Morgan fingerprint density at radius 2 is 2.26 bits per heavy atom. The van der Waals surface area contributed by atoms with Gasteiger partial charge in [-0.25, -0.2) is 14.5 Å². The molecule has 2 rings (SSSR count). The highest BCUT2D eigenvalue weighted by Crippen LogP contribution is 2.16. The van der Waals surface area contributed by atoms with Crippen molar-refractivity contribution < 1.29 is 9.53 Å². The molecule has 0 atom stereocenters. The first-order valence-electron chi connectivity index (χ1n) is 5.87. The maximum Gasteiger partial charge on any atom is 0.359 e. The quantitative estimate of drug-likeness (QED) is 0.796. The molecule has 0 amide bonds. The normalized spacial score (nSPS) is 10.7. The van der Waals surface area contributed by atoms with Crippen LogP contribution in [0.2, 0.25) is 0 Å². The van der Waals surface area contributed by atoms with E-state index in [9.17, 15) is 4.79 Å². The van der Waals surface area contributed by atoms with Gasteiger partial charge in [-0.15, -0.1) is 0 Å². The molecule has 2 N–H and O–H groups in total. The lowest BCUT2D eigenvalue weighted by Gasteiger charge is -2.06. The van der Waals surface area contributed by atoms with E-state index < -0.39 is 5.97 Å². The second-order valence-electron chi connectivity index (χ2n) is 4.04. The van der Waals surface area contributed by atoms with Crippen LogP contribution in [-0.2, 0) is 24.9 Å². The van der Waals surface area contributed by atoms with Gasteiger partial charge in [0.25, 0.3) is 0 Å². The molecule has 0 saturated heterocycles. The van der Waals surface area contributed by atoms with Crippen molar-refractivity contribution >= 4 is 11.7 Å². The van der Waals surface area contributed by atoms with Gasteiger partial charge >= 0.3 is 5.97 Å². The molecule has 2 aromatic heterocycles. The number of carbonyl (C=O) groups excluding carboxylic acids is 1. The topological polar surface area (TPSA) is 101 Å². The number of nitrogens with zero attached hydrogens (tertiary/aromatic N) is 5. The van der Waals surface area contributed by atoms with Crippen molar-refractivity contribution in [1.29, 1.82) is 0 Å². The van der Waals surface area contributed by atoms with Crippen molar-refractivity contribution in [3.05, 3.63) is 23.5 Å². The Labute approximate surface area is 110 Å². The van der Waals surface area contributed by atoms with E-state index in [1.165, 1.54) is 11.0 Å². The maximum absolute atomic E-state index is 12.0. The molecule has 102 valence electrons. The van der Waals surface area contributed by atoms with Gasteiger partial charge in [-0.05, 0) is 13.8 Å². The third-order valence-electron chi connectivity index (χ3n) is 2.79. The minimum absolute atomic E-state index is 0.0519. The zero-order chi connectivity index (χ0) is 14.0. The number of hydrogen-bond acceptors (Lipinski definition) is 6. The van der Waals surface area contributed by atoms with Crippen LogP contribution in [0.25, 0.3) is 0 Å². The average Bonchev–Trinajstić information content (AvgIpc) is 2.92. The molecular formula is C11H16N6O2. The summed E-state index contributed by atoms with van der Waals surface area (Å²) >= 11 is 0. The van der Waals surface area contributed by atoms with Crippen LogP contribution in [0.5, 0.6) is 0 Å². The minimum Gasteiger partial charge on any atom is -0.453 e. The first-order chi connectivity index (χ1) is 9.04. The van der Waals surface area contributed by atoms with E-state index in [-0.39, 0.29) is 12.3 Å². The van der Waals surface area contributed by atoms with Gasteiger partial charge in [0.05, 0.1) is 11.4 Å². The summed E-state index contributed by atoms with van der Waals surface area (Å²) in [6.07, 6.45) is 1.43. The van der Waals surface area contributed by atoms with Crippen molar-refractivity contribution in [1.82, 2.24) is 24.5 Å². The molecule has 0 saturated carbocycles. The van der Waals surface area contributed by atoms with Gasteiger partial charge < -0.3 is 10.5 Å². The Kier molecular flexibility index (Phi) is 3.50. The maximum atomic E-state index is 12.0. The molecule has 0 fully saturated rings. The summed E-state index contributed by atoms with van der Waals surface area (Å²) in [5, 5.41) is 8.06. The van der Waals surface area contributed by atoms with Gasteiger partial charge in [0.15, 0.2) is 18.1 Å². The van der Waals surface area contributed by atoms with Crippen LogP contribution in [0.4, 0.5) is 5.69 Å². The second-order valence-corrected chi connectivity index (χ2v) is 4.04. The van der Waals surface area contributed by atoms with Gasteiger partial charge in [0.2, 0.25) is 0 Å². The fraction of sp³-hybridized carbons (Fsp3) is 0.455. The van der Waals surface area contributed by atoms with Gasteiger partial charge in [-0.2, -0.15) is 10.2 Å². The summed E-state index contributed by atoms with van der Waals surface area (Å²) in [4.78, 5) is 16.0. The van der Waals surface area contributed by atoms with Crippen molar-refractivity contribution in [2.75, 3.05) is 5.73 Å². The summed E-state index contributed by atoms with van der Waals surface area (Å²) in [5.41, 5.74) is 6.98. The highest BCUT2D eigenvalue weighted by molar-refractivity contribution is 5.93. The van der Waals surface area contributed by atoms with E-state index in [4.69, 9.17) is 10.5 Å². The summed E-state index contributed by atoms with van der Waals surface area (Å²) in [6.45, 7) is 4.39. The number of nitrogens with two attached hydrogens (primary N) is 1. The number of hydrogen-bond donors (Lipinski definition) is 1. The van der Waals surface area contributed by atoms with Gasteiger partial charge in [0, 0.05) is 13.6 Å². The first-order valence-corrected chi connectivity index (χ1v) is 5.87. The Balaban J connectivity index is 2.10. The smallest absolute Gasteiger partial charge is 0.359 e. The minimum atomic E-state index is -0.522. The third kappa shape index (κ3) is 2.42. The highest BCUT2D eigenvalue weighted by Gasteiger charge is 2.20. The molecular weight excluding hydrogens is 248 g/mol. The zero-order valence-corrected chi connectivity index (χ0v) is 11.1. The number of esters is 1. The summed E-state index contributed by atoms with van der Waals surface area (Å²) < 4.78 is 8.26. The van der Waals surface area contributed by atoms with Crippen LogP contribution in [0.1, 0.15) is 28.9 Å². The van der Waals surface area contributed by atoms with Gasteiger partial charge in [0.1, 0.15) is 6.33 Å². The van der Waals surface area contributed by atoms with E-state index in [0.29, 0.717) is 23.8 Å². The Morgan fingerprint density at radius 1 is 1.53 bits per heavy atom. The number of aryl methyl sites for hydroxylation is 3. The van der Waals surface area contributed by atoms with Crippen molar-refractivity contribution in [2.45, 2.75) is 27.0 Å². The SMILES string of the molecule is CCn1ncnc1COC(=O)c1c(N)c(C)nn1C. The summed E-state index contributed by atoms with van der Waals surface area (Å²) in [6, 6.07) is 0. The molecule has 0 aliphatic heterocycles. The molecule has 0 unspecified atom stereocenters. The molecule has 0 radical (unpaired) electrons. The van der Waals surface area contributed by atoms with Crippen molar-refractivity contribution in [2.24, 2.45) is 7.05 Å². The van der Waals surface area contributed by atoms with Crippen LogP contribution in [-0.4, -0.2) is 30.5 Å². The summed E-state index contributed by atoms with van der Waals surface area (Å²) in [7, 11) is 1.65. The van der Waals surface area contributed by atoms with Crippen molar-refractivity contribution in [3.8, 4) is 0 Å². The van der Waals surface area contributed by atoms with E-state index in [1.54, 1.807) is 18.7 Å². The van der Waals surface area contributed by atoms with E-state index in [2.05, 4.69) is 15.2 Å². The molecule has 8 heteroatoms. The van der Waals surface area contributed by atoms with Gasteiger partial charge in [-0.3, -0.25) is 4.68 Å². The highest BCUT2D eigenvalue weighted by atomic mass is 16.5. The fourth-order valence-corrected chi connectivity index (χ4v) is 1.78. The standard InChI is InChI=1S/C11H16N6O2/c1-4-17-8(13-6-14-17)5-19-11(18)10-9(12)7(2)15-16(10)3/h6H,4-5,12H2,1-3H3. The number of ether oxygens (including phenoxy) is 1. The molecule has 0 spiro atoms. The number of anilines is 1. The van der Waals surface area contributed by atoms with E-state index in [0.717, 1.165) is 0 Å². The first kappa shape index (κ1) is 13.1. The molecule has 19 heavy (non-hydrogen) atoms. The molecule has 0 aliphatic carbocycles. The number of rotatable bonds is 4. The molecule has 0 bridgehead atoms. The number of carbonyl (C=O) groups is 1. The molecule has 8 nitrogen and oxygen atoms in total. The predicted molar refractivity (Wildman–Crippen MR) is 67.2 cm³/mol. The lowest BCUT2D eigenvalue weighted by Crippen LogP contribution is -2.14. The average molecular weight is 264 g/mol. The fourth-order valence-electron chi connectivity index (χ4n) is 1.78. The van der Waals surface area contributed by atoms with E-state index >= 15 is 0 Å². The molecule has 2 aromatic rings. The zero-order valence-electron chi connectivity index (χ0n) is 11.1. The second kappa shape index (κ2) is 5.09. The Bertz CT molecular complexity index is 600. The van der Waals surface area contributed by atoms with Crippen LogP contribution < -0.4 is 5.73 Å². The monoisotopic (exact) mass is 264 g/mol. The summed E-state index contributed by atoms with van der Waals surface area (Å²) in [5.74, 6) is 0.0690. The number of nitrogen functional groups attached to an aromatic ring is 1. The Hall–Kier alpha value is -2.38. The lowest BCUT2D eigenvalue weighted by molar-refractivity contribution is 0.0445. The number of aromatic nitrogens is 5. The van der Waals surface area contributed by atoms with Crippen LogP contribution in [0, 0.1) is 6.92 Å². The lowest BCUT2D eigenvalue weighted by atomic mass is 10.3.